The van der Waals surface area contributed by atoms with Gasteiger partial charge in [-0.15, -0.1) is 0 Å². The molecule has 1 saturated heterocycles. The van der Waals surface area contributed by atoms with Crippen LogP contribution in [0, 0.1) is 0 Å². The second-order valence-electron chi connectivity index (χ2n) is 5.94. The Hall–Kier alpha value is -2.56. The number of pyridine rings is 1. The molecule has 2 heterocycles. The number of aromatic nitrogens is 1. The van der Waals surface area contributed by atoms with Crippen LogP contribution in [0.2, 0.25) is 0 Å². The van der Waals surface area contributed by atoms with Gasteiger partial charge in [-0.05, 0) is 42.7 Å². The van der Waals surface area contributed by atoms with E-state index < -0.39 is 0 Å². The molecule has 0 radical (unpaired) electrons. The van der Waals surface area contributed by atoms with E-state index in [9.17, 15) is 4.79 Å². The molecule has 1 fully saturated rings. The van der Waals surface area contributed by atoms with Gasteiger partial charge in [0.15, 0.2) is 0 Å². The fourth-order valence-corrected chi connectivity index (χ4v) is 2.89. The Kier molecular flexibility index (Phi) is 4.76. The Morgan fingerprint density at radius 3 is 2.57 bits per heavy atom. The van der Waals surface area contributed by atoms with Crippen molar-refractivity contribution in [3.05, 3.63) is 54.2 Å². The number of nitrogens with two attached hydrogens (primary N) is 1. The number of carbonyl (C=O) groups excluding carboxylic acids is 1. The molecular formula is C18H22N4O. The molecular weight excluding hydrogens is 288 g/mol. The highest BCUT2D eigenvalue weighted by molar-refractivity contribution is 5.79. The zero-order chi connectivity index (χ0) is 16.1. The molecule has 0 aliphatic carbocycles. The van der Waals surface area contributed by atoms with Crippen molar-refractivity contribution in [3.63, 3.8) is 0 Å². The van der Waals surface area contributed by atoms with Gasteiger partial charge in [-0.2, -0.15) is 0 Å². The summed E-state index contributed by atoms with van der Waals surface area (Å²) in [6, 6.07) is 13.7. The largest absolute Gasteiger partial charge is 0.399 e. The number of hydrogen-bond donors (Lipinski definition) is 2. The predicted molar refractivity (Wildman–Crippen MR) is 92.2 cm³/mol. The van der Waals surface area contributed by atoms with Gasteiger partial charge in [0.25, 0.3) is 0 Å². The van der Waals surface area contributed by atoms with Gasteiger partial charge >= 0.3 is 0 Å². The first kappa shape index (κ1) is 15.3. The van der Waals surface area contributed by atoms with Crippen molar-refractivity contribution in [3.8, 4) is 0 Å². The van der Waals surface area contributed by atoms with Gasteiger partial charge in [0.1, 0.15) is 5.82 Å². The van der Waals surface area contributed by atoms with Crippen molar-refractivity contribution in [1.29, 1.82) is 0 Å². The zero-order valence-corrected chi connectivity index (χ0v) is 13.1. The van der Waals surface area contributed by atoms with E-state index in [1.54, 1.807) is 0 Å². The quantitative estimate of drug-likeness (QED) is 0.847. The molecule has 5 heteroatoms. The highest BCUT2D eigenvalue weighted by Crippen LogP contribution is 2.17. The number of piperidine rings is 1. The molecule has 3 N–H and O–H groups in total. The minimum Gasteiger partial charge on any atom is -0.399 e. The highest BCUT2D eigenvalue weighted by Gasteiger charge is 2.21. The summed E-state index contributed by atoms with van der Waals surface area (Å²) in [6.45, 7) is 1.84. The first-order valence-corrected chi connectivity index (χ1v) is 8.00. The lowest BCUT2D eigenvalue weighted by molar-refractivity contribution is -0.121. The van der Waals surface area contributed by atoms with Crippen LogP contribution in [0.4, 0.5) is 11.5 Å². The number of amides is 1. The Morgan fingerprint density at radius 2 is 1.91 bits per heavy atom. The average Bonchev–Trinajstić information content (AvgIpc) is 2.58. The molecule has 1 amide bonds. The summed E-state index contributed by atoms with van der Waals surface area (Å²) >= 11 is 0. The maximum Gasteiger partial charge on any atom is 0.224 e. The van der Waals surface area contributed by atoms with E-state index in [0.717, 1.165) is 43.0 Å². The summed E-state index contributed by atoms with van der Waals surface area (Å²) in [5, 5.41) is 3.14. The first-order chi connectivity index (χ1) is 11.2. The molecule has 120 valence electrons. The fourth-order valence-electron chi connectivity index (χ4n) is 2.89. The summed E-state index contributed by atoms with van der Waals surface area (Å²) in [4.78, 5) is 18.8. The van der Waals surface area contributed by atoms with Crippen molar-refractivity contribution in [2.75, 3.05) is 23.7 Å². The zero-order valence-electron chi connectivity index (χ0n) is 13.1. The average molecular weight is 310 g/mol. The van der Waals surface area contributed by atoms with Crippen molar-refractivity contribution < 1.29 is 4.79 Å². The number of benzene rings is 1. The molecule has 23 heavy (non-hydrogen) atoms. The topological polar surface area (TPSA) is 71.2 Å². The van der Waals surface area contributed by atoms with Crippen LogP contribution in [0.1, 0.15) is 18.4 Å². The lowest BCUT2D eigenvalue weighted by atomic mass is 10.0. The molecule has 0 unspecified atom stereocenters. The van der Waals surface area contributed by atoms with Crippen LogP contribution < -0.4 is 16.0 Å². The summed E-state index contributed by atoms with van der Waals surface area (Å²) in [6.07, 6.45) is 4.12. The normalized spacial score (nSPS) is 15.4. The summed E-state index contributed by atoms with van der Waals surface area (Å²) in [5.74, 6) is 1.09. The first-order valence-electron chi connectivity index (χ1n) is 8.00. The summed E-state index contributed by atoms with van der Waals surface area (Å²) < 4.78 is 0. The minimum atomic E-state index is 0.0751. The predicted octanol–water partition coefficient (Wildman–Crippen LogP) is 1.99. The Bertz CT molecular complexity index is 634. The van der Waals surface area contributed by atoms with Gasteiger partial charge in [0.05, 0.1) is 6.42 Å². The third kappa shape index (κ3) is 4.22. The van der Waals surface area contributed by atoms with Gasteiger partial charge in [-0.1, -0.05) is 18.2 Å². The molecule has 1 aromatic carbocycles. The van der Waals surface area contributed by atoms with Gasteiger partial charge in [0, 0.05) is 31.0 Å². The molecule has 0 atom stereocenters. The minimum absolute atomic E-state index is 0.0751. The van der Waals surface area contributed by atoms with Crippen molar-refractivity contribution in [2.24, 2.45) is 0 Å². The Morgan fingerprint density at radius 1 is 1.17 bits per heavy atom. The molecule has 1 aliphatic rings. The second kappa shape index (κ2) is 7.13. The Labute approximate surface area is 136 Å². The molecule has 0 spiro atoms. The van der Waals surface area contributed by atoms with Crippen LogP contribution in [0.15, 0.2) is 48.7 Å². The molecule has 1 aliphatic heterocycles. The molecule has 1 aromatic heterocycles. The number of hydrogen-bond acceptors (Lipinski definition) is 4. The van der Waals surface area contributed by atoms with Gasteiger partial charge in [-0.25, -0.2) is 4.98 Å². The standard InChI is InChI=1S/C18H22N4O/c19-15-6-4-14(5-7-15)13-18(23)21-16-8-11-22(12-9-16)17-3-1-2-10-20-17/h1-7,10,16H,8-9,11-13,19H2,(H,21,23). The maximum atomic E-state index is 12.1. The van der Waals surface area contributed by atoms with E-state index in [0.29, 0.717) is 6.42 Å². The molecule has 2 aromatic rings. The fraction of sp³-hybridized carbons (Fsp3) is 0.333. The lowest BCUT2D eigenvalue weighted by Gasteiger charge is -2.33. The van der Waals surface area contributed by atoms with Crippen LogP contribution in [0.5, 0.6) is 0 Å². The SMILES string of the molecule is Nc1ccc(CC(=O)NC2CCN(c3ccccn3)CC2)cc1. The third-order valence-corrected chi connectivity index (χ3v) is 4.18. The van der Waals surface area contributed by atoms with Crippen molar-refractivity contribution in [2.45, 2.75) is 25.3 Å². The summed E-state index contributed by atoms with van der Waals surface area (Å²) in [7, 11) is 0. The molecule has 0 saturated carbocycles. The number of nitrogens with zero attached hydrogens (tertiary/aromatic N) is 2. The van der Waals surface area contributed by atoms with Crippen LogP contribution in [0.3, 0.4) is 0 Å². The molecule has 5 nitrogen and oxygen atoms in total. The number of anilines is 2. The van der Waals surface area contributed by atoms with Crippen LogP contribution in [-0.2, 0) is 11.2 Å². The summed E-state index contributed by atoms with van der Waals surface area (Å²) in [5.41, 5.74) is 7.36. The van der Waals surface area contributed by atoms with Crippen molar-refractivity contribution >= 4 is 17.4 Å². The number of nitrogen functional groups attached to an aromatic ring is 1. The van der Waals surface area contributed by atoms with E-state index in [2.05, 4.69) is 15.2 Å². The van der Waals surface area contributed by atoms with E-state index in [1.807, 2.05) is 48.7 Å². The maximum absolute atomic E-state index is 12.1. The van der Waals surface area contributed by atoms with Crippen LogP contribution >= 0.6 is 0 Å². The van der Waals surface area contributed by atoms with E-state index >= 15 is 0 Å². The monoisotopic (exact) mass is 310 g/mol. The number of nitrogens with one attached hydrogen (secondary N) is 1. The molecule has 3 rings (SSSR count). The van der Waals surface area contributed by atoms with Gasteiger partial charge in [-0.3, -0.25) is 4.79 Å². The molecule has 0 bridgehead atoms. The van der Waals surface area contributed by atoms with Crippen LogP contribution in [-0.4, -0.2) is 30.0 Å². The Balaban J connectivity index is 1.47. The highest BCUT2D eigenvalue weighted by atomic mass is 16.1. The third-order valence-electron chi connectivity index (χ3n) is 4.18. The van der Waals surface area contributed by atoms with Gasteiger partial charge < -0.3 is 16.0 Å². The van der Waals surface area contributed by atoms with E-state index in [-0.39, 0.29) is 11.9 Å². The van der Waals surface area contributed by atoms with Crippen LogP contribution in [0.25, 0.3) is 0 Å². The van der Waals surface area contributed by atoms with Crippen molar-refractivity contribution in [1.82, 2.24) is 10.3 Å². The van der Waals surface area contributed by atoms with E-state index in [4.69, 9.17) is 5.73 Å². The lowest BCUT2D eigenvalue weighted by Crippen LogP contribution is -2.45. The smallest absolute Gasteiger partial charge is 0.224 e. The van der Waals surface area contributed by atoms with Gasteiger partial charge in [0.2, 0.25) is 5.91 Å². The second-order valence-corrected chi connectivity index (χ2v) is 5.94. The number of carbonyl (C=O) groups is 1. The number of rotatable bonds is 4. The van der Waals surface area contributed by atoms with E-state index in [1.165, 1.54) is 0 Å².